The molecule has 1 amide bonds. The Morgan fingerprint density at radius 1 is 1.16 bits per heavy atom. The molecule has 0 spiro atoms. The third kappa shape index (κ3) is 4.18. The van der Waals surface area contributed by atoms with E-state index in [0.717, 1.165) is 19.4 Å². The molecule has 0 aliphatic carbocycles. The van der Waals surface area contributed by atoms with Crippen molar-refractivity contribution in [2.45, 2.75) is 19.3 Å². The molecule has 1 aliphatic heterocycles. The lowest BCUT2D eigenvalue weighted by Gasteiger charge is -2.31. The van der Waals surface area contributed by atoms with E-state index in [9.17, 15) is 9.59 Å². The van der Waals surface area contributed by atoms with Gasteiger partial charge in [0.1, 0.15) is 0 Å². The fourth-order valence-corrected chi connectivity index (χ4v) is 3.15. The van der Waals surface area contributed by atoms with Crippen LogP contribution in [-0.4, -0.2) is 32.1 Å². The highest BCUT2D eigenvalue weighted by molar-refractivity contribution is 5.94. The number of anilines is 2. The highest BCUT2D eigenvalue weighted by Gasteiger charge is 2.17. The summed E-state index contributed by atoms with van der Waals surface area (Å²) in [4.78, 5) is 26.1. The first kappa shape index (κ1) is 17.0. The van der Waals surface area contributed by atoms with Crippen molar-refractivity contribution in [2.75, 3.05) is 30.4 Å². The van der Waals surface area contributed by atoms with Crippen LogP contribution in [0.4, 0.5) is 11.4 Å². The molecule has 0 atom stereocenters. The van der Waals surface area contributed by atoms with Crippen LogP contribution in [0, 0.1) is 0 Å². The summed E-state index contributed by atoms with van der Waals surface area (Å²) < 4.78 is 4.70. The van der Waals surface area contributed by atoms with E-state index in [4.69, 9.17) is 4.74 Å². The average Bonchev–Trinajstić information content (AvgIpc) is 2.66. The van der Waals surface area contributed by atoms with Crippen molar-refractivity contribution >= 4 is 23.3 Å². The smallest absolute Gasteiger partial charge is 0.337 e. The highest BCUT2D eigenvalue weighted by Crippen LogP contribution is 2.26. The van der Waals surface area contributed by atoms with E-state index in [1.807, 2.05) is 6.07 Å². The zero-order chi connectivity index (χ0) is 17.6. The van der Waals surface area contributed by atoms with Crippen molar-refractivity contribution < 1.29 is 14.3 Å². The number of carbonyl (C=O) groups is 2. The number of nitrogens with one attached hydrogen (secondary N) is 1. The number of esters is 1. The third-order valence-corrected chi connectivity index (χ3v) is 4.38. The zero-order valence-electron chi connectivity index (χ0n) is 14.3. The van der Waals surface area contributed by atoms with Crippen molar-refractivity contribution in [1.82, 2.24) is 0 Å². The third-order valence-electron chi connectivity index (χ3n) is 4.38. The Bertz CT molecular complexity index is 773. The van der Waals surface area contributed by atoms with Gasteiger partial charge in [-0.25, -0.2) is 4.79 Å². The molecule has 0 unspecified atom stereocenters. The number of methoxy groups -OCH3 is 1. The molecule has 0 aromatic heterocycles. The Labute approximate surface area is 147 Å². The summed E-state index contributed by atoms with van der Waals surface area (Å²) in [6.07, 6.45) is 2.61. The lowest BCUT2D eigenvalue weighted by atomic mass is 10.0. The van der Waals surface area contributed by atoms with Crippen molar-refractivity contribution in [3.8, 4) is 0 Å². The van der Waals surface area contributed by atoms with Crippen LogP contribution < -0.4 is 10.2 Å². The molecule has 25 heavy (non-hydrogen) atoms. The van der Waals surface area contributed by atoms with Gasteiger partial charge in [-0.3, -0.25) is 4.79 Å². The van der Waals surface area contributed by atoms with Gasteiger partial charge >= 0.3 is 5.97 Å². The largest absolute Gasteiger partial charge is 0.465 e. The number of carbonyl (C=O) groups excluding carboxylic acids is 2. The predicted octanol–water partition coefficient (Wildman–Crippen LogP) is 3.25. The summed E-state index contributed by atoms with van der Waals surface area (Å²) in [5.74, 6) is -0.480. The molecular formula is C20H22N2O3. The number of hydrogen-bond donors (Lipinski definition) is 1. The molecule has 1 N–H and O–H groups in total. The van der Waals surface area contributed by atoms with E-state index in [-0.39, 0.29) is 5.91 Å². The second-order valence-electron chi connectivity index (χ2n) is 6.09. The van der Waals surface area contributed by atoms with Gasteiger partial charge in [0, 0.05) is 30.9 Å². The first-order valence-electron chi connectivity index (χ1n) is 8.48. The van der Waals surface area contributed by atoms with Gasteiger partial charge in [0.05, 0.1) is 12.7 Å². The molecule has 2 aromatic rings. The molecule has 0 saturated carbocycles. The number of benzene rings is 2. The van der Waals surface area contributed by atoms with Gasteiger partial charge in [0.15, 0.2) is 0 Å². The Morgan fingerprint density at radius 2 is 2.00 bits per heavy atom. The summed E-state index contributed by atoms with van der Waals surface area (Å²) in [5, 5.41) is 2.85. The fraction of sp³-hybridized carbons (Fsp3) is 0.300. The summed E-state index contributed by atoms with van der Waals surface area (Å²) >= 11 is 0. The second-order valence-corrected chi connectivity index (χ2v) is 6.09. The fourth-order valence-electron chi connectivity index (χ4n) is 3.15. The zero-order valence-corrected chi connectivity index (χ0v) is 14.3. The molecule has 5 heteroatoms. The maximum absolute atomic E-state index is 12.3. The molecule has 1 aliphatic rings. The van der Waals surface area contributed by atoms with Crippen LogP contribution in [0.3, 0.4) is 0 Å². The van der Waals surface area contributed by atoms with Crippen LogP contribution >= 0.6 is 0 Å². The molecule has 5 nitrogen and oxygen atoms in total. The van der Waals surface area contributed by atoms with Gasteiger partial charge in [0.25, 0.3) is 0 Å². The molecule has 0 fully saturated rings. The van der Waals surface area contributed by atoms with Crippen LogP contribution in [0.15, 0.2) is 48.5 Å². The molecule has 3 rings (SSSR count). The van der Waals surface area contributed by atoms with Crippen LogP contribution in [0.5, 0.6) is 0 Å². The number of nitrogens with zero attached hydrogens (tertiary/aromatic N) is 1. The molecule has 130 valence electrons. The Kier molecular flexibility index (Phi) is 5.33. The molecular weight excluding hydrogens is 316 g/mol. The molecule has 0 bridgehead atoms. The van der Waals surface area contributed by atoms with E-state index in [0.29, 0.717) is 24.2 Å². The number of rotatable bonds is 5. The highest BCUT2D eigenvalue weighted by atomic mass is 16.5. The number of amides is 1. The van der Waals surface area contributed by atoms with E-state index in [1.165, 1.54) is 18.4 Å². The lowest BCUT2D eigenvalue weighted by molar-refractivity contribution is -0.116. The molecule has 0 radical (unpaired) electrons. The Balaban J connectivity index is 1.58. The number of aryl methyl sites for hydroxylation is 1. The van der Waals surface area contributed by atoms with E-state index < -0.39 is 5.97 Å². The van der Waals surface area contributed by atoms with E-state index in [1.54, 1.807) is 24.3 Å². The van der Waals surface area contributed by atoms with Crippen molar-refractivity contribution in [2.24, 2.45) is 0 Å². The van der Waals surface area contributed by atoms with Crippen molar-refractivity contribution in [3.05, 3.63) is 59.7 Å². The van der Waals surface area contributed by atoms with Crippen LogP contribution in [-0.2, 0) is 16.0 Å². The maximum Gasteiger partial charge on any atom is 0.337 e. The minimum Gasteiger partial charge on any atom is -0.465 e. The van der Waals surface area contributed by atoms with Crippen LogP contribution in [0.2, 0.25) is 0 Å². The van der Waals surface area contributed by atoms with Gasteiger partial charge in [-0.15, -0.1) is 0 Å². The maximum atomic E-state index is 12.3. The topological polar surface area (TPSA) is 58.6 Å². The first-order chi connectivity index (χ1) is 12.2. The monoisotopic (exact) mass is 338 g/mol. The standard InChI is InChI=1S/C20H22N2O3/c1-25-20(24)16-7-4-9-17(14-16)21-19(23)11-13-22-12-5-8-15-6-2-3-10-18(15)22/h2-4,6-7,9-10,14H,5,8,11-13H2,1H3,(H,21,23). The summed E-state index contributed by atoms with van der Waals surface area (Å²) in [6.45, 7) is 1.65. The number of para-hydroxylation sites is 1. The second kappa shape index (κ2) is 7.83. The predicted molar refractivity (Wildman–Crippen MR) is 98.0 cm³/mol. The molecule has 0 saturated heterocycles. The SMILES string of the molecule is COC(=O)c1cccc(NC(=O)CCN2CCCc3ccccc32)c1. The van der Waals surface area contributed by atoms with E-state index in [2.05, 4.69) is 28.4 Å². The van der Waals surface area contributed by atoms with Crippen molar-refractivity contribution in [3.63, 3.8) is 0 Å². The van der Waals surface area contributed by atoms with Crippen LogP contribution in [0.1, 0.15) is 28.8 Å². The summed E-state index contributed by atoms with van der Waals surface area (Å²) in [7, 11) is 1.34. The minimum atomic E-state index is -0.416. The Morgan fingerprint density at radius 3 is 2.84 bits per heavy atom. The van der Waals surface area contributed by atoms with Gasteiger partial charge < -0.3 is 15.0 Å². The minimum absolute atomic E-state index is 0.0647. The molecule has 1 heterocycles. The van der Waals surface area contributed by atoms with E-state index >= 15 is 0 Å². The van der Waals surface area contributed by atoms with Gasteiger partial charge in [-0.2, -0.15) is 0 Å². The summed E-state index contributed by atoms with van der Waals surface area (Å²) in [5.41, 5.74) is 3.60. The van der Waals surface area contributed by atoms with Gasteiger partial charge in [0.2, 0.25) is 5.91 Å². The van der Waals surface area contributed by atoms with Gasteiger partial charge in [-0.05, 0) is 42.7 Å². The lowest BCUT2D eigenvalue weighted by Crippen LogP contribution is -2.32. The number of fused-ring (bicyclic) bond motifs is 1. The summed E-state index contributed by atoms with van der Waals surface area (Å²) in [6, 6.07) is 15.1. The number of ether oxygens (including phenoxy) is 1. The van der Waals surface area contributed by atoms with Crippen molar-refractivity contribution in [1.29, 1.82) is 0 Å². The average molecular weight is 338 g/mol. The first-order valence-corrected chi connectivity index (χ1v) is 8.48. The molecule has 2 aromatic carbocycles. The van der Waals surface area contributed by atoms with Gasteiger partial charge in [-0.1, -0.05) is 24.3 Å². The normalized spacial score (nSPS) is 13.1. The quantitative estimate of drug-likeness (QED) is 0.850. The number of hydrogen-bond acceptors (Lipinski definition) is 4. The van der Waals surface area contributed by atoms with Crippen LogP contribution in [0.25, 0.3) is 0 Å². The Hall–Kier alpha value is -2.82.